The number of anilines is 1. The number of benzene rings is 3. The van der Waals surface area contributed by atoms with Crippen LogP contribution in [0, 0.1) is 17.7 Å². The highest BCUT2D eigenvalue weighted by Gasteiger charge is 2.38. The minimum atomic E-state index is -0.792. The predicted octanol–water partition coefficient (Wildman–Crippen LogP) is 6.26. The van der Waals surface area contributed by atoms with Gasteiger partial charge in [0.25, 0.3) is 0 Å². The van der Waals surface area contributed by atoms with Crippen molar-refractivity contribution in [2.45, 2.75) is 19.8 Å². The van der Waals surface area contributed by atoms with Gasteiger partial charge < -0.3 is 5.32 Å². The first-order valence-electron chi connectivity index (χ1n) is 10.3. The van der Waals surface area contributed by atoms with E-state index in [1.165, 1.54) is 24.3 Å². The molecule has 1 amide bonds. The molecule has 4 heteroatoms. The van der Waals surface area contributed by atoms with Crippen molar-refractivity contribution in [1.29, 1.82) is 0 Å². The Balaban J connectivity index is 2.08. The molecule has 0 radical (unpaired) electrons. The van der Waals surface area contributed by atoms with Crippen molar-refractivity contribution in [3.8, 4) is 0 Å². The van der Waals surface area contributed by atoms with Crippen molar-refractivity contribution < 1.29 is 14.0 Å². The van der Waals surface area contributed by atoms with Gasteiger partial charge in [0.05, 0.1) is 11.8 Å². The Labute approximate surface area is 182 Å². The summed E-state index contributed by atoms with van der Waals surface area (Å²) in [5, 5.41) is 2.93. The quantitative estimate of drug-likeness (QED) is 0.349. The average Bonchev–Trinajstić information content (AvgIpc) is 2.78. The average molecular weight is 416 g/mol. The number of amides is 1. The zero-order valence-corrected chi connectivity index (χ0v) is 17.7. The maximum Gasteiger partial charge on any atom is 0.232 e. The van der Waals surface area contributed by atoms with Gasteiger partial charge in [0, 0.05) is 11.3 Å². The number of hydrogen-bond donors (Lipinski definition) is 1. The van der Waals surface area contributed by atoms with Crippen LogP contribution in [0.4, 0.5) is 10.1 Å². The highest BCUT2D eigenvalue weighted by atomic mass is 19.1. The zero-order chi connectivity index (χ0) is 22.4. The summed E-state index contributed by atoms with van der Waals surface area (Å²) in [6.45, 7) is 8.09. The molecule has 2 unspecified atom stereocenters. The molecule has 31 heavy (non-hydrogen) atoms. The van der Waals surface area contributed by atoms with Crippen LogP contribution in [0.1, 0.15) is 35.7 Å². The van der Waals surface area contributed by atoms with Crippen LogP contribution in [0.25, 0.3) is 0 Å². The third-order valence-electron chi connectivity index (χ3n) is 5.37. The first-order chi connectivity index (χ1) is 14.9. The number of carbonyl (C=O) groups excluding carboxylic acids is 2. The number of hydrogen-bond acceptors (Lipinski definition) is 2. The third kappa shape index (κ3) is 5.34. The van der Waals surface area contributed by atoms with E-state index in [4.69, 9.17) is 0 Å². The Morgan fingerprint density at radius 3 is 1.94 bits per heavy atom. The van der Waals surface area contributed by atoms with Gasteiger partial charge in [-0.3, -0.25) is 9.59 Å². The molecule has 0 saturated heterocycles. The Hall–Kier alpha value is -3.53. The molecule has 0 aliphatic heterocycles. The molecule has 3 aromatic carbocycles. The van der Waals surface area contributed by atoms with Gasteiger partial charge in [0.2, 0.25) is 5.91 Å². The maximum absolute atomic E-state index is 13.6. The summed E-state index contributed by atoms with van der Waals surface area (Å²) in [5.74, 6) is -2.56. The molecule has 0 fully saturated rings. The van der Waals surface area contributed by atoms with Crippen LogP contribution in [-0.4, -0.2) is 11.7 Å². The van der Waals surface area contributed by atoms with Crippen LogP contribution >= 0.6 is 0 Å². The summed E-state index contributed by atoms with van der Waals surface area (Å²) in [4.78, 5) is 27.1. The molecule has 0 aromatic heterocycles. The summed E-state index contributed by atoms with van der Waals surface area (Å²) in [7, 11) is 0. The van der Waals surface area contributed by atoms with Crippen LogP contribution < -0.4 is 5.32 Å². The molecule has 3 rings (SSSR count). The molecule has 1 N–H and O–H groups in total. The lowest BCUT2D eigenvalue weighted by molar-refractivity contribution is -0.119. The van der Waals surface area contributed by atoms with Crippen molar-refractivity contribution in [3.05, 3.63) is 114 Å². The topological polar surface area (TPSA) is 46.2 Å². The first kappa shape index (κ1) is 22.2. The lowest BCUT2D eigenvalue weighted by Crippen LogP contribution is -2.35. The fourth-order valence-corrected chi connectivity index (χ4v) is 3.58. The van der Waals surface area contributed by atoms with E-state index in [1.54, 1.807) is 12.1 Å². The predicted molar refractivity (Wildman–Crippen MR) is 122 cm³/mol. The molecule has 3 nitrogen and oxygen atoms in total. The van der Waals surface area contributed by atoms with E-state index in [0.29, 0.717) is 22.4 Å². The normalized spacial score (nSPS) is 12.8. The summed E-state index contributed by atoms with van der Waals surface area (Å²) >= 11 is 0. The van der Waals surface area contributed by atoms with Gasteiger partial charge in [-0.25, -0.2) is 4.39 Å². The van der Waals surface area contributed by atoms with E-state index >= 15 is 0 Å². The summed E-state index contributed by atoms with van der Waals surface area (Å²) in [6, 6.07) is 23.8. The van der Waals surface area contributed by atoms with Crippen molar-refractivity contribution in [2.24, 2.45) is 11.8 Å². The molecular formula is C27H26FNO2. The highest BCUT2D eigenvalue weighted by molar-refractivity contribution is 6.06. The number of ketones is 1. The summed E-state index contributed by atoms with van der Waals surface area (Å²) in [6.07, 6.45) is 0. The van der Waals surface area contributed by atoms with Gasteiger partial charge >= 0.3 is 0 Å². The number of nitrogens with one attached hydrogen (secondary N) is 1. The number of Topliss-reactive ketones (excluding diaryl/α,β-unsaturated/α-hetero) is 1. The van der Waals surface area contributed by atoms with E-state index in [0.717, 1.165) is 0 Å². The van der Waals surface area contributed by atoms with Crippen molar-refractivity contribution in [2.75, 3.05) is 5.32 Å². The van der Waals surface area contributed by atoms with E-state index in [9.17, 15) is 14.0 Å². The molecule has 158 valence electrons. The molecule has 0 spiro atoms. The number of carbonyl (C=O) groups is 2. The standard InChI is InChI=1S/C27H26FNO2/c1-18(2)19(3)24(27(31)29-23-12-8-5-9-13-23)25(20-10-6-4-7-11-20)26(30)21-14-16-22(28)17-15-21/h4-18,24-25H,3H2,1-2H3,(H,29,31). The molecular weight excluding hydrogens is 389 g/mol. The van der Waals surface area contributed by atoms with Crippen LogP contribution in [0.2, 0.25) is 0 Å². The Kier molecular flexibility index (Phi) is 7.14. The highest BCUT2D eigenvalue weighted by Crippen LogP contribution is 2.36. The first-order valence-corrected chi connectivity index (χ1v) is 10.3. The number of para-hydroxylation sites is 1. The molecule has 2 atom stereocenters. The van der Waals surface area contributed by atoms with E-state index in [-0.39, 0.29) is 17.6 Å². The fourth-order valence-electron chi connectivity index (χ4n) is 3.58. The molecule has 3 aromatic rings. The molecule has 0 saturated carbocycles. The lowest BCUT2D eigenvalue weighted by Gasteiger charge is -2.29. The second kappa shape index (κ2) is 9.98. The lowest BCUT2D eigenvalue weighted by atomic mass is 9.74. The SMILES string of the molecule is C=C(C(C)C)C(C(=O)Nc1ccccc1)C(C(=O)c1ccc(F)cc1)c1ccccc1. The van der Waals surface area contributed by atoms with Crippen LogP contribution in [0.3, 0.4) is 0 Å². The third-order valence-corrected chi connectivity index (χ3v) is 5.37. The van der Waals surface area contributed by atoms with Crippen molar-refractivity contribution in [1.82, 2.24) is 0 Å². The monoisotopic (exact) mass is 415 g/mol. The molecule has 0 heterocycles. The summed E-state index contributed by atoms with van der Waals surface area (Å²) in [5.41, 5.74) is 2.38. The second-order valence-corrected chi connectivity index (χ2v) is 7.82. The zero-order valence-electron chi connectivity index (χ0n) is 17.7. The molecule has 0 aliphatic carbocycles. The van der Waals surface area contributed by atoms with Gasteiger partial charge in [-0.05, 0) is 47.9 Å². The molecule has 0 bridgehead atoms. The Morgan fingerprint density at radius 2 is 1.39 bits per heavy atom. The Morgan fingerprint density at radius 1 is 0.839 bits per heavy atom. The van der Waals surface area contributed by atoms with Crippen molar-refractivity contribution in [3.63, 3.8) is 0 Å². The van der Waals surface area contributed by atoms with Crippen LogP contribution in [0.15, 0.2) is 97.1 Å². The largest absolute Gasteiger partial charge is 0.326 e. The van der Waals surface area contributed by atoms with E-state index in [1.807, 2.05) is 62.4 Å². The molecule has 0 aliphatic rings. The Bertz CT molecular complexity index is 1040. The van der Waals surface area contributed by atoms with Crippen LogP contribution in [-0.2, 0) is 4.79 Å². The van der Waals surface area contributed by atoms with Gasteiger partial charge in [-0.1, -0.05) is 74.5 Å². The van der Waals surface area contributed by atoms with Crippen LogP contribution in [0.5, 0.6) is 0 Å². The fraction of sp³-hybridized carbons (Fsp3) is 0.185. The van der Waals surface area contributed by atoms with E-state index < -0.39 is 17.7 Å². The van der Waals surface area contributed by atoms with Gasteiger partial charge in [0.15, 0.2) is 5.78 Å². The van der Waals surface area contributed by atoms with Gasteiger partial charge in [-0.15, -0.1) is 0 Å². The van der Waals surface area contributed by atoms with Crippen molar-refractivity contribution >= 4 is 17.4 Å². The minimum absolute atomic E-state index is 0.0150. The number of halogens is 1. The summed E-state index contributed by atoms with van der Waals surface area (Å²) < 4.78 is 13.4. The van der Waals surface area contributed by atoms with Gasteiger partial charge in [-0.2, -0.15) is 0 Å². The van der Waals surface area contributed by atoms with E-state index in [2.05, 4.69) is 11.9 Å². The van der Waals surface area contributed by atoms with Gasteiger partial charge in [0.1, 0.15) is 5.82 Å². The smallest absolute Gasteiger partial charge is 0.232 e. The minimum Gasteiger partial charge on any atom is -0.326 e. The maximum atomic E-state index is 13.6. The second-order valence-electron chi connectivity index (χ2n) is 7.82. The number of rotatable bonds is 8.